The fourth-order valence-electron chi connectivity index (χ4n) is 3.27. The monoisotopic (exact) mass is 384 g/mol. The normalized spacial score (nSPS) is 11.9. The van der Waals surface area contributed by atoms with Crippen LogP contribution in [0.3, 0.4) is 0 Å². The predicted molar refractivity (Wildman–Crippen MR) is 112 cm³/mol. The summed E-state index contributed by atoms with van der Waals surface area (Å²) >= 11 is 0. The van der Waals surface area contributed by atoms with Crippen molar-refractivity contribution in [3.8, 4) is 0 Å². The van der Waals surface area contributed by atoms with Gasteiger partial charge in [-0.15, -0.1) is 0 Å². The van der Waals surface area contributed by atoms with Crippen LogP contribution >= 0.6 is 0 Å². The van der Waals surface area contributed by atoms with Gasteiger partial charge in [0.1, 0.15) is 0 Å². The number of hydrogen-bond donors (Lipinski definition) is 1. The number of benzene rings is 3. The van der Waals surface area contributed by atoms with E-state index >= 15 is 0 Å². The Bertz CT molecular complexity index is 1220. The van der Waals surface area contributed by atoms with Gasteiger partial charge in [-0.3, -0.25) is 4.79 Å². The van der Waals surface area contributed by atoms with Gasteiger partial charge in [-0.25, -0.2) is 9.78 Å². The van der Waals surface area contributed by atoms with Gasteiger partial charge >= 0.3 is 5.97 Å². The molecule has 5 heteroatoms. The number of nitrogens with one attached hydrogen (secondary N) is 1. The third-order valence-electron chi connectivity index (χ3n) is 4.77. The molecule has 0 fully saturated rings. The number of ether oxygens (including phenoxy) is 1. The van der Waals surface area contributed by atoms with Crippen molar-refractivity contribution in [2.24, 2.45) is 0 Å². The molecule has 0 aliphatic carbocycles. The quantitative estimate of drug-likeness (QED) is 0.517. The van der Waals surface area contributed by atoms with E-state index < -0.39 is 12.1 Å². The van der Waals surface area contributed by atoms with Crippen molar-refractivity contribution in [2.45, 2.75) is 19.4 Å². The number of esters is 1. The molecule has 1 heterocycles. The molecule has 144 valence electrons. The van der Waals surface area contributed by atoms with Crippen LogP contribution in [0.1, 0.15) is 40.3 Å². The number of para-hydroxylation sites is 1. The van der Waals surface area contributed by atoms with E-state index in [1.54, 1.807) is 31.2 Å². The molecule has 4 aromatic rings. The molecule has 1 N–H and O–H groups in total. The maximum absolute atomic E-state index is 12.8. The second-order valence-electron chi connectivity index (χ2n) is 6.84. The molecular weight excluding hydrogens is 364 g/mol. The standard InChI is InChI=1S/C24H20N2O3/c1-16(22-25-21-14-8-7-13-20(21)23(27)26-22)29-24(28)19-12-6-5-11-18(19)15-17-9-3-2-4-10-17/h2-14,16H,15H2,1H3,(H,25,26,27)/t16-/m1/s1. The number of H-pyrrole nitrogens is 1. The van der Waals surface area contributed by atoms with Crippen LogP contribution in [0.5, 0.6) is 0 Å². The minimum absolute atomic E-state index is 0.252. The van der Waals surface area contributed by atoms with Crippen LogP contribution in [-0.2, 0) is 11.2 Å². The van der Waals surface area contributed by atoms with Crippen LogP contribution in [-0.4, -0.2) is 15.9 Å². The Morgan fingerprint density at radius 1 is 0.966 bits per heavy atom. The van der Waals surface area contributed by atoms with Crippen LogP contribution in [0.25, 0.3) is 10.9 Å². The summed E-state index contributed by atoms with van der Waals surface area (Å²) in [6.07, 6.45) is -0.0597. The summed E-state index contributed by atoms with van der Waals surface area (Å²) < 4.78 is 5.63. The Kier molecular flexibility index (Phi) is 5.20. The van der Waals surface area contributed by atoms with E-state index in [1.807, 2.05) is 54.6 Å². The van der Waals surface area contributed by atoms with Gasteiger partial charge in [-0.2, -0.15) is 0 Å². The average Bonchev–Trinajstić information content (AvgIpc) is 2.75. The van der Waals surface area contributed by atoms with Crippen molar-refractivity contribution < 1.29 is 9.53 Å². The van der Waals surface area contributed by atoms with Crippen LogP contribution in [0.4, 0.5) is 0 Å². The summed E-state index contributed by atoms with van der Waals surface area (Å²) in [5, 5.41) is 0.503. The van der Waals surface area contributed by atoms with Crippen molar-refractivity contribution >= 4 is 16.9 Å². The fraction of sp³-hybridized carbons (Fsp3) is 0.125. The summed E-state index contributed by atoms with van der Waals surface area (Å²) in [7, 11) is 0. The molecule has 1 atom stereocenters. The molecule has 29 heavy (non-hydrogen) atoms. The maximum Gasteiger partial charge on any atom is 0.339 e. The lowest BCUT2D eigenvalue weighted by molar-refractivity contribution is 0.0319. The predicted octanol–water partition coefficient (Wildman–Crippen LogP) is 4.43. The Labute approximate surface area is 168 Å². The topological polar surface area (TPSA) is 72.0 Å². The summed E-state index contributed by atoms with van der Waals surface area (Å²) in [6, 6.07) is 24.4. The number of hydrogen-bond acceptors (Lipinski definition) is 4. The molecule has 0 unspecified atom stereocenters. The van der Waals surface area contributed by atoms with E-state index in [-0.39, 0.29) is 5.56 Å². The largest absolute Gasteiger partial charge is 0.451 e. The highest BCUT2D eigenvalue weighted by Gasteiger charge is 2.19. The van der Waals surface area contributed by atoms with Crippen molar-refractivity contribution in [3.63, 3.8) is 0 Å². The third-order valence-corrected chi connectivity index (χ3v) is 4.77. The van der Waals surface area contributed by atoms with Crippen LogP contribution in [0, 0.1) is 0 Å². The minimum atomic E-state index is -0.690. The number of nitrogens with zero attached hydrogens (tertiary/aromatic N) is 1. The number of aromatic nitrogens is 2. The molecule has 0 spiro atoms. The minimum Gasteiger partial charge on any atom is -0.451 e. The SMILES string of the molecule is C[C@@H](OC(=O)c1ccccc1Cc1ccccc1)c1nc2ccccc2c(=O)[nH]1. The Hall–Kier alpha value is -3.73. The van der Waals surface area contributed by atoms with Gasteiger partial charge in [0.05, 0.1) is 16.5 Å². The van der Waals surface area contributed by atoms with Gasteiger partial charge in [0.15, 0.2) is 11.9 Å². The van der Waals surface area contributed by atoms with Gasteiger partial charge in [-0.05, 0) is 42.7 Å². The lowest BCUT2D eigenvalue weighted by Crippen LogP contribution is -2.18. The summed E-state index contributed by atoms with van der Waals surface area (Å²) in [5.74, 6) is -0.123. The number of carbonyl (C=O) groups is 1. The first-order valence-electron chi connectivity index (χ1n) is 9.43. The molecular formula is C24H20N2O3. The molecule has 0 bridgehead atoms. The first-order chi connectivity index (χ1) is 14.1. The van der Waals surface area contributed by atoms with Crippen LogP contribution in [0.15, 0.2) is 83.7 Å². The molecule has 0 amide bonds. The number of carbonyl (C=O) groups excluding carboxylic acids is 1. The van der Waals surface area contributed by atoms with Crippen LogP contribution < -0.4 is 5.56 Å². The highest BCUT2D eigenvalue weighted by Crippen LogP contribution is 2.20. The smallest absolute Gasteiger partial charge is 0.339 e. The third kappa shape index (κ3) is 4.09. The molecule has 5 nitrogen and oxygen atoms in total. The van der Waals surface area contributed by atoms with Gasteiger partial charge in [0.2, 0.25) is 0 Å². The molecule has 4 rings (SSSR count). The Balaban J connectivity index is 1.58. The number of rotatable bonds is 5. The average molecular weight is 384 g/mol. The van der Waals surface area contributed by atoms with Crippen molar-refractivity contribution in [1.29, 1.82) is 0 Å². The molecule has 0 radical (unpaired) electrons. The second-order valence-corrected chi connectivity index (χ2v) is 6.84. The Morgan fingerprint density at radius 3 is 2.48 bits per heavy atom. The zero-order chi connectivity index (χ0) is 20.2. The highest BCUT2D eigenvalue weighted by atomic mass is 16.5. The molecule has 0 saturated heterocycles. The lowest BCUT2D eigenvalue weighted by atomic mass is 10.00. The van der Waals surface area contributed by atoms with E-state index in [9.17, 15) is 9.59 Å². The summed E-state index contributed by atoms with van der Waals surface area (Å²) in [4.78, 5) is 32.3. The number of aromatic amines is 1. The van der Waals surface area contributed by atoms with Gasteiger partial charge in [0, 0.05) is 0 Å². The van der Waals surface area contributed by atoms with Crippen LogP contribution in [0.2, 0.25) is 0 Å². The summed E-state index contributed by atoms with van der Waals surface area (Å²) in [6.45, 7) is 1.70. The molecule has 0 aliphatic rings. The molecule has 0 aliphatic heterocycles. The van der Waals surface area contributed by atoms with Gasteiger partial charge in [-0.1, -0.05) is 60.7 Å². The molecule has 0 saturated carbocycles. The van der Waals surface area contributed by atoms with Gasteiger partial charge in [0.25, 0.3) is 5.56 Å². The van der Waals surface area contributed by atoms with E-state index in [1.165, 1.54) is 0 Å². The first-order valence-corrected chi connectivity index (χ1v) is 9.43. The Morgan fingerprint density at radius 2 is 1.66 bits per heavy atom. The molecule has 1 aromatic heterocycles. The van der Waals surface area contributed by atoms with E-state index in [4.69, 9.17) is 4.74 Å². The van der Waals surface area contributed by atoms with Crippen molar-refractivity contribution in [2.75, 3.05) is 0 Å². The summed E-state index contributed by atoms with van der Waals surface area (Å²) in [5.41, 5.74) is 2.82. The second kappa shape index (κ2) is 8.10. The fourth-order valence-corrected chi connectivity index (χ4v) is 3.27. The molecule has 3 aromatic carbocycles. The number of fused-ring (bicyclic) bond motifs is 1. The van der Waals surface area contributed by atoms with Crippen molar-refractivity contribution in [1.82, 2.24) is 9.97 Å². The maximum atomic E-state index is 12.8. The van der Waals surface area contributed by atoms with Crippen molar-refractivity contribution in [3.05, 3.63) is 112 Å². The van der Waals surface area contributed by atoms with E-state index in [0.717, 1.165) is 11.1 Å². The van der Waals surface area contributed by atoms with E-state index in [2.05, 4.69) is 9.97 Å². The highest BCUT2D eigenvalue weighted by molar-refractivity contribution is 5.91. The van der Waals surface area contributed by atoms with Gasteiger partial charge < -0.3 is 9.72 Å². The lowest BCUT2D eigenvalue weighted by Gasteiger charge is -2.15. The first kappa shape index (κ1) is 18.6. The zero-order valence-electron chi connectivity index (χ0n) is 16.0. The zero-order valence-corrected chi connectivity index (χ0v) is 16.0. The van der Waals surface area contributed by atoms with E-state index in [0.29, 0.717) is 28.7 Å².